The highest BCUT2D eigenvalue weighted by Gasteiger charge is 2.31. The second kappa shape index (κ2) is 5.87. The Hall–Kier alpha value is -0.860. The van der Waals surface area contributed by atoms with Crippen LogP contribution in [0.4, 0.5) is 10.8 Å². The Morgan fingerprint density at radius 3 is 2.70 bits per heavy atom. The number of hydrogen-bond acceptors (Lipinski definition) is 7. The normalized spacial score (nSPS) is 21.4. The molecule has 1 atom stereocenters. The average molecular weight is 318 g/mol. The van der Waals surface area contributed by atoms with Crippen LogP contribution in [0.25, 0.3) is 0 Å². The van der Waals surface area contributed by atoms with E-state index in [0.717, 1.165) is 26.1 Å². The summed E-state index contributed by atoms with van der Waals surface area (Å²) in [5.41, 5.74) is 5.79. The lowest BCUT2D eigenvalue weighted by Gasteiger charge is -2.39. The topological polar surface area (TPSA) is 79.5 Å². The van der Waals surface area contributed by atoms with Gasteiger partial charge in [0.15, 0.2) is 15.7 Å². The summed E-state index contributed by atoms with van der Waals surface area (Å²) in [6.07, 6.45) is 1.04. The van der Waals surface area contributed by atoms with Gasteiger partial charge in [-0.25, -0.2) is 8.42 Å². The van der Waals surface area contributed by atoms with Crippen molar-refractivity contribution in [1.29, 1.82) is 0 Å². The lowest BCUT2D eigenvalue weighted by molar-refractivity contribution is 0.213. The molecule has 1 fully saturated rings. The minimum atomic E-state index is -3.34. The molecule has 20 heavy (non-hydrogen) atoms. The number of nitrogen functional groups attached to an aromatic ring is 1. The minimum absolute atomic E-state index is 0.0492. The van der Waals surface area contributed by atoms with E-state index in [1.807, 2.05) is 0 Å². The van der Waals surface area contributed by atoms with Crippen LogP contribution in [-0.4, -0.2) is 56.2 Å². The second-order valence-electron chi connectivity index (χ2n) is 5.09. The first-order chi connectivity index (χ1) is 9.40. The van der Waals surface area contributed by atoms with Crippen molar-refractivity contribution in [2.45, 2.75) is 31.2 Å². The van der Waals surface area contributed by atoms with Crippen LogP contribution < -0.4 is 10.6 Å². The average Bonchev–Trinajstić information content (AvgIpc) is 2.82. The van der Waals surface area contributed by atoms with Crippen LogP contribution >= 0.6 is 11.5 Å². The van der Waals surface area contributed by atoms with E-state index in [2.05, 4.69) is 28.1 Å². The molecular weight excluding hydrogens is 296 g/mol. The Morgan fingerprint density at radius 2 is 2.10 bits per heavy atom. The van der Waals surface area contributed by atoms with E-state index in [9.17, 15) is 8.42 Å². The zero-order valence-electron chi connectivity index (χ0n) is 12.2. The molecule has 0 aliphatic carbocycles. The monoisotopic (exact) mass is 318 g/mol. The summed E-state index contributed by atoms with van der Waals surface area (Å²) in [5, 5.41) is 0.705. The smallest absolute Gasteiger partial charge is 0.184 e. The predicted octanol–water partition coefficient (Wildman–Crippen LogP) is 1.05. The Bertz CT molecular complexity index is 570. The molecule has 1 unspecified atom stereocenters. The highest BCUT2D eigenvalue weighted by atomic mass is 32.2. The molecule has 114 valence electrons. The van der Waals surface area contributed by atoms with Crippen molar-refractivity contribution in [3.05, 3.63) is 0 Å². The number of nitrogens with zero attached hydrogens (tertiary/aromatic N) is 3. The van der Waals surface area contributed by atoms with E-state index >= 15 is 0 Å². The molecule has 1 aliphatic rings. The van der Waals surface area contributed by atoms with E-state index < -0.39 is 9.84 Å². The number of aromatic nitrogens is 1. The summed E-state index contributed by atoms with van der Waals surface area (Å²) in [7, 11) is -1.23. The van der Waals surface area contributed by atoms with Crippen LogP contribution in [0.15, 0.2) is 4.90 Å². The summed E-state index contributed by atoms with van der Waals surface area (Å²) in [5.74, 6) is 0.187. The Morgan fingerprint density at radius 1 is 1.40 bits per heavy atom. The molecule has 0 saturated carbocycles. The van der Waals surface area contributed by atoms with Gasteiger partial charge in [-0.15, -0.1) is 0 Å². The fourth-order valence-electron chi connectivity index (χ4n) is 2.49. The number of anilines is 2. The Balaban J connectivity index is 2.35. The molecule has 0 aromatic carbocycles. The number of sulfone groups is 1. The van der Waals surface area contributed by atoms with Crippen LogP contribution in [0.2, 0.25) is 0 Å². The Labute approximate surface area is 124 Å². The first-order valence-electron chi connectivity index (χ1n) is 6.83. The van der Waals surface area contributed by atoms with E-state index in [1.54, 1.807) is 6.92 Å². The zero-order chi connectivity index (χ0) is 14.9. The molecule has 2 rings (SSSR count). The van der Waals surface area contributed by atoms with Gasteiger partial charge in [0, 0.05) is 25.7 Å². The van der Waals surface area contributed by atoms with Crippen molar-refractivity contribution in [2.75, 3.05) is 43.1 Å². The number of rotatable bonds is 4. The highest BCUT2D eigenvalue weighted by molar-refractivity contribution is 7.91. The van der Waals surface area contributed by atoms with Gasteiger partial charge in [0.1, 0.15) is 9.90 Å². The van der Waals surface area contributed by atoms with Crippen LogP contribution in [0.1, 0.15) is 20.3 Å². The summed E-state index contributed by atoms with van der Waals surface area (Å²) >= 11 is 1.19. The minimum Gasteiger partial charge on any atom is -0.382 e. The maximum Gasteiger partial charge on any atom is 0.184 e. The predicted molar refractivity (Wildman–Crippen MR) is 83.2 cm³/mol. The fraction of sp³-hybridized carbons (Fsp3) is 0.750. The summed E-state index contributed by atoms with van der Waals surface area (Å²) in [4.78, 5) is 4.66. The van der Waals surface area contributed by atoms with E-state index in [-0.39, 0.29) is 16.5 Å². The molecule has 6 nitrogen and oxygen atoms in total. The standard InChI is InChI=1S/C12H22N4O2S2/c1-4-9-8-16(7-6-15(9)3)12-10(11(13)14-19-12)20(17,18)5-2/h9H,4-8H2,1-3H3,(H2,13,14). The van der Waals surface area contributed by atoms with Crippen molar-refractivity contribution in [3.8, 4) is 0 Å². The quantitative estimate of drug-likeness (QED) is 0.894. The van der Waals surface area contributed by atoms with Gasteiger partial charge >= 0.3 is 0 Å². The summed E-state index contributed by atoms with van der Waals surface area (Å²) in [6, 6.07) is 0.434. The zero-order valence-corrected chi connectivity index (χ0v) is 13.8. The molecule has 2 heterocycles. The lowest BCUT2D eigenvalue weighted by atomic mass is 10.1. The summed E-state index contributed by atoms with van der Waals surface area (Å²) < 4.78 is 28.5. The van der Waals surface area contributed by atoms with Gasteiger partial charge in [-0.1, -0.05) is 13.8 Å². The van der Waals surface area contributed by atoms with Crippen LogP contribution in [0.3, 0.4) is 0 Å². The van der Waals surface area contributed by atoms with E-state index in [4.69, 9.17) is 5.73 Å². The third kappa shape index (κ3) is 2.77. The molecule has 0 radical (unpaired) electrons. The van der Waals surface area contributed by atoms with Crippen LogP contribution in [0, 0.1) is 0 Å². The molecule has 1 aliphatic heterocycles. The maximum absolute atomic E-state index is 12.2. The van der Waals surface area contributed by atoms with Gasteiger partial charge in [-0.05, 0) is 25.0 Å². The third-order valence-corrected chi connectivity index (χ3v) is 6.72. The van der Waals surface area contributed by atoms with Crippen molar-refractivity contribution in [2.24, 2.45) is 0 Å². The molecule has 1 aromatic rings. The lowest BCUT2D eigenvalue weighted by Crippen LogP contribution is -2.51. The van der Waals surface area contributed by atoms with Gasteiger partial charge in [0.05, 0.1) is 5.75 Å². The highest BCUT2D eigenvalue weighted by Crippen LogP contribution is 2.36. The van der Waals surface area contributed by atoms with Gasteiger partial charge in [-0.3, -0.25) is 4.90 Å². The Kier molecular flexibility index (Phi) is 4.55. The summed E-state index contributed by atoms with van der Waals surface area (Å²) in [6.45, 7) is 6.33. The SMILES string of the molecule is CCC1CN(c2snc(N)c2S(=O)(=O)CC)CCN1C. The molecule has 0 amide bonds. The molecule has 1 aromatic heterocycles. The molecule has 0 spiro atoms. The van der Waals surface area contributed by atoms with Crippen LogP contribution in [-0.2, 0) is 9.84 Å². The fourth-order valence-corrected chi connectivity index (χ4v) is 4.84. The number of likely N-dealkylation sites (N-methyl/N-ethyl adjacent to an activating group) is 1. The maximum atomic E-state index is 12.2. The van der Waals surface area contributed by atoms with Crippen molar-refractivity contribution >= 4 is 32.2 Å². The largest absolute Gasteiger partial charge is 0.382 e. The third-order valence-electron chi connectivity index (χ3n) is 3.88. The van der Waals surface area contributed by atoms with E-state index in [0.29, 0.717) is 11.0 Å². The van der Waals surface area contributed by atoms with Gasteiger partial charge in [0.25, 0.3) is 0 Å². The molecule has 1 saturated heterocycles. The first kappa shape index (κ1) is 15.5. The molecule has 8 heteroatoms. The van der Waals surface area contributed by atoms with Crippen molar-refractivity contribution < 1.29 is 8.42 Å². The number of hydrogen-bond donors (Lipinski definition) is 1. The first-order valence-corrected chi connectivity index (χ1v) is 9.26. The van der Waals surface area contributed by atoms with Gasteiger partial charge in [-0.2, -0.15) is 4.37 Å². The number of piperazine rings is 1. The molecule has 0 bridgehead atoms. The van der Waals surface area contributed by atoms with Crippen molar-refractivity contribution in [1.82, 2.24) is 9.27 Å². The van der Waals surface area contributed by atoms with E-state index in [1.165, 1.54) is 11.5 Å². The molecule has 2 N–H and O–H groups in total. The van der Waals surface area contributed by atoms with Gasteiger partial charge < -0.3 is 10.6 Å². The number of nitrogens with two attached hydrogens (primary N) is 1. The van der Waals surface area contributed by atoms with Crippen molar-refractivity contribution in [3.63, 3.8) is 0 Å². The van der Waals surface area contributed by atoms with Gasteiger partial charge in [0.2, 0.25) is 0 Å². The van der Waals surface area contributed by atoms with Crippen LogP contribution in [0.5, 0.6) is 0 Å². The molecular formula is C12H22N4O2S2. The second-order valence-corrected chi connectivity index (χ2v) is 8.06.